The lowest BCUT2D eigenvalue weighted by Gasteiger charge is -1.88. The molecule has 0 aliphatic rings. The summed E-state index contributed by atoms with van der Waals surface area (Å²) in [6.45, 7) is 0. The van der Waals surface area contributed by atoms with Crippen LogP contribution in [0.2, 0.25) is 0 Å². The first-order valence-electron chi connectivity index (χ1n) is 5.07. The quantitative estimate of drug-likeness (QED) is 0.667. The van der Waals surface area contributed by atoms with E-state index in [4.69, 9.17) is 0 Å². The van der Waals surface area contributed by atoms with Crippen LogP contribution in [-0.4, -0.2) is 35.0 Å². The van der Waals surface area contributed by atoms with E-state index in [2.05, 4.69) is 10.2 Å². The maximum atomic E-state index is 11.0. The van der Waals surface area contributed by atoms with Crippen molar-refractivity contribution in [2.45, 2.75) is 12.6 Å². The highest BCUT2D eigenvalue weighted by atomic mass is 32.2. The molecule has 2 rings (SSSR count). The Morgan fingerprint density at radius 1 is 1.05 bits per heavy atom. The van der Waals surface area contributed by atoms with Gasteiger partial charge >= 0.3 is 11.4 Å². The van der Waals surface area contributed by atoms with E-state index in [1.807, 2.05) is 6.26 Å². The van der Waals surface area contributed by atoms with Crippen molar-refractivity contribution >= 4 is 11.8 Å². The molecule has 0 amide bonds. The van der Waals surface area contributed by atoms with E-state index in [0.717, 1.165) is 5.16 Å². The average molecular weight is 288 g/mol. The Kier molecular flexibility index (Phi) is 6.33. The zero-order chi connectivity index (χ0) is 13.9. The van der Waals surface area contributed by atoms with Crippen molar-refractivity contribution in [2.75, 3.05) is 6.26 Å². The molecule has 0 aliphatic heterocycles. The van der Waals surface area contributed by atoms with E-state index in [1.54, 1.807) is 28.2 Å². The highest BCUT2D eigenvalue weighted by Gasteiger charge is 2.03. The molecule has 2 aromatic rings. The van der Waals surface area contributed by atoms with Crippen LogP contribution in [0.15, 0.2) is 21.1 Å². The van der Waals surface area contributed by atoms with Gasteiger partial charge in [-0.15, -0.1) is 5.10 Å². The summed E-state index contributed by atoms with van der Waals surface area (Å²) >= 11 is 1.46. The lowest BCUT2D eigenvalue weighted by molar-refractivity contribution is 0.712. The van der Waals surface area contributed by atoms with Crippen molar-refractivity contribution in [3.8, 4) is 0 Å². The first kappa shape index (κ1) is 17.2. The molecule has 0 bridgehead atoms. The second kappa shape index (κ2) is 6.98. The van der Waals surface area contributed by atoms with E-state index in [0.29, 0.717) is 0 Å². The molecular weight excluding hydrogens is 268 g/mol. The zero-order valence-electron chi connectivity index (χ0n) is 11.0. The highest BCUT2D eigenvalue weighted by Crippen LogP contribution is 2.05. The van der Waals surface area contributed by atoms with Crippen LogP contribution in [0.4, 0.5) is 0 Å². The van der Waals surface area contributed by atoms with Gasteiger partial charge in [0.15, 0.2) is 5.16 Å². The standard InChI is InChI=1S/C5H9N3OS.C4H7N3O.CH4/c1-7-4(10-3)6-8(2)5(7)9;1-6-3-5-7(2)4(6)8;/h1-3H3;3H,1-2H3;1H4. The van der Waals surface area contributed by atoms with Crippen LogP contribution in [-0.2, 0) is 28.2 Å². The minimum atomic E-state index is -0.0926. The van der Waals surface area contributed by atoms with Gasteiger partial charge in [-0.1, -0.05) is 19.2 Å². The monoisotopic (exact) mass is 288 g/mol. The van der Waals surface area contributed by atoms with E-state index in [9.17, 15) is 9.59 Å². The molecular formula is C10H20N6O2S. The topological polar surface area (TPSA) is 79.6 Å². The second-order valence-electron chi connectivity index (χ2n) is 3.60. The molecule has 9 heteroatoms. The van der Waals surface area contributed by atoms with Gasteiger partial charge in [0.2, 0.25) is 0 Å². The Morgan fingerprint density at radius 2 is 1.63 bits per heavy atom. The summed E-state index contributed by atoms with van der Waals surface area (Å²) in [6.07, 6.45) is 3.37. The molecule has 0 saturated carbocycles. The van der Waals surface area contributed by atoms with Gasteiger partial charge in [0, 0.05) is 28.2 Å². The van der Waals surface area contributed by atoms with Crippen molar-refractivity contribution in [2.24, 2.45) is 28.2 Å². The first-order chi connectivity index (χ1) is 8.38. The van der Waals surface area contributed by atoms with Crippen molar-refractivity contribution in [1.29, 1.82) is 0 Å². The predicted octanol–water partition coefficient (Wildman–Crippen LogP) is -0.404. The fourth-order valence-corrected chi connectivity index (χ4v) is 1.75. The Labute approximate surface area is 115 Å². The summed E-state index contributed by atoms with van der Waals surface area (Å²) in [5.74, 6) is 0. The van der Waals surface area contributed by atoms with E-state index < -0.39 is 0 Å². The van der Waals surface area contributed by atoms with Gasteiger partial charge in [-0.05, 0) is 6.26 Å². The van der Waals surface area contributed by atoms with Gasteiger partial charge in [-0.2, -0.15) is 5.10 Å². The smallest absolute Gasteiger partial charge is 0.285 e. The largest absolute Gasteiger partial charge is 0.346 e. The van der Waals surface area contributed by atoms with Gasteiger partial charge in [0.1, 0.15) is 6.33 Å². The van der Waals surface area contributed by atoms with E-state index in [-0.39, 0.29) is 18.8 Å². The Morgan fingerprint density at radius 3 is 1.79 bits per heavy atom. The fourth-order valence-electron chi connectivity index (χ4n) is 1.20. The molecule has 108 valence electrons. The molecule has 0 saturated heterocycles. The normalized spacial score (nSPS) is 9.53. The van der Waals surface area contributed by atoms with Gasteiger partial charge < -0.3 is 0 Å². The van der Waals surface area contributed by atoms with E-state index >= 15 is 0 Å². The van der Waals surface area contributed by atoms with Crippen LogP contribution in [0.5, 0.6) is 0 Å². The number of nitrogens with zero attached hydrogens (tertiary/aromatic N) is 6. The van der Waals surface area contributed by atoms with Crippen LogP contribution in [0, 0.1) is 0 Å². The Bertz CT molecular complexity index is 613. The van der Waals surface area contributed by atoms with Gasteiger partial charge in [-0.3, -0.25) is 9.13 Å². The number of thioether (sulfide) groups is 1. The van der Waals surface area contributed by atoms with Crippen LogP contribution < -0.4 is 11.4 Å². The van der Waals surface area contributed by atoms with Gasteiger partial charge in [0.25, 0.3) is 0 Å². The van der Waals surface area contributed by atoms with Crippen LogP contribution >= 0.6 is 11.8 Å². The first-order valence-corrected chi connectivity index (χ1v) is 6.29. The molecule has 0 unspecified atom stereocenters. The molecule has 2 aromatic heterocycles. The minimum Gasteiger partial charge on any atom is -0.285 e. The lowest BCUT2D eigenvalue weighted by Crippen LogP contribution is -2.20. The molecule has 0 fully saturated rings. The van der Waals surface area contributed by atoms with Gasteiger partial charge in [0.05, 0.1) is 0 Å². The minimum absolute atomic E-state index is 0. The summed E-state index contributed by atoms with van der Waals surface area (Å²) < 4.78 is 5.54. The number of rotatable bonds is 1. The number of hydrogen-bond acceptors (Lipinski definition) is 5. The SMILES string of the molecule is C.CSc1nn(C)c(=O)n1C.Cn1cnn(C)c1=O. The zero-order valence-corrected chi connectivity index (χ0v) is 11.8. The summed E-state index contributed by atoms with van der Waals surface area (Å²) in [4.78, 5) is 21.6. The number of hydrogen-bond donors (Lipinski definition) is 0. The Hall–Kier alpha value is -1.77. The average Bonchev–Trinajstić information content (AvgIpc) is 2.78. The highest BCUT2D eigenvalue weighted by molar-refractivity contribution is 7.98. The second-order valence-corrected chi connectivity index (χ2v) is 4.37. The molecule has 0 aliphatic carbocycles. The van der Waals surface area contributed by atoms with Crippen LogP contribution in [0.3, 0.4) is 0 Å². The molecule has 8 nitrogen and oxygen atoms in total. The third-order valence-electron chi connectivity index (χ3n) is 2.25. The van der Waals surface area contributed by atoms with Gasteiger partial charge in [-0.25, -0.2) is 19.0 Å². The molecule has 2 heterocycles. The molecule has 0 aromatic carbocycles. The molecule has 0 radical (unpaired) electrons. The maximum Gasteiger partial charge on any atom is 0.346 e. The van der Waals surface area contributed by atoms with Crippen molar-refractivity contribution in [3.05, 3.63) is 27.3 Å². The summed E-state index contributed by atoms with van der Waals surface area (Å²) in [6, 6.07) is 0. The number of aromatic nitrogens is 6. The van der Waals surface area contributed by atoms with Crippen LogP contribution in [0.1, 0.15) is 7.43 Å². The summed E-state index contributed by atoms with van der Waals surface area (Å²) in [5.41, 5.74) is -0.172. The third-order valence-corrected chi connectivity index (χ3v) is 2.97. The molecule has 0 atom stereocenters. The molecule has 0 N–H and O–H groups in total. The maximum absolute atomic E-state index is 11.0. The molecule has 0 spiro atoms. The lowest BCUT2D eigenvalue weighted by atomic mass is 11.0. The van der Waals surface area contributed by atoms with E-state index in [1.165, 1.54) is 36.6 Å². The number of aryl methyl sites for hydroxylation is 3. The summed E-state index contributed by atoms with van der Waals surface area (Å²) in [7, 11) is 6.63. The predicted molar refractivity (Wildman–Crippen MR) is 75.4 cm³/mol. The summed E-state index contributed by atoms with van der Waals surface area (Å²) in [5, 5.41) is 8.38. The fraction of sp³-hybridized carbons (Fsp3) is 0.600. The van der Waals surface area contributed by atoms with Crippen molar-refractivity contribution < 1.29 is 0 Å². The van der Waals surface area contributed by atoms with Crippen molar-refractivity contribution in [1.82, 2.24) is 28.7 Å². The van der Waals surface area contributed by atoms with Crippen LogP contribution in [0.25, 0.3) is 0 Å². The Balaban J connectivity index is 0.000000331. The molecule has 19 heavy (non-hydrogen) atoms. The van der Waals surface area contributed by atoms with Crippen molar-refractivity contribution in [3.63, 3.8) is 0 Å². The third kappa shape index (κ3) is 3.85.